The van der Waals surface area contributed by atoms with Crippen molar-refractivity contribution in [2.24, 2.45) is 23.2 Å². The van der Waals surface area contributed by atoms with Gasteiger partial charge in [-0.25, -0.2) is 0 Å². The van der Waals surface area contributed by atoms with Gasteiger partial charge >= 0.3 is 11.9 Å². The Balaban J connectivity index is 2.52. The van der Waals surface area contributed by atoms with Crippen molar-refractivity contribution in [1.82, 2.24) is 0 Å². The van der Waals surface area contributed by atoms with Crippen LogP contribution < -0.4 is 0 Å². The molecule has 1 saturated carbocycles. The summed E-state index contributed by atoms with van der Waals surface area (Å²) >= 11 is 0. The van der Waals surface area contributed by atoms with E-state index >= 15 is 0 Å². The molecule has 106 valence electrons. The average Bonchev–Trinajstić information content (AvgIpc) is 2.55. The molecular formula is C14H20O5. The van der Waals surface area contributed by atoms with E-state index < -0.39 is 23.4 Å². The monoisotopic (exact) mass is 268 g/mol. The minimum absolute atomic E-state index is 0.318. The Hall–Kier alpha value is -1.36. The highest BCUT2D eigenvalue weighted by molar-refractivity contribution is 5.83. The number of ether oxygens (including phenoxy) is 2. The minimum Gasteiger partial charge on any atom is -0.469 e. The van der Waals surface area contributed by atoms with Crippen LogP contribution in [0.3, 0.4) is 0 Å². The first-order valence-corrected chi connectivity index (χ1v) is 6.42. The van der Waals surface area contributed by atoms with Crippen LogP contribution in [0.25, 0.3) is 0 Å². The first-order valence-electron chi connectivity index (χ1n) is 6.42. The predicted molar refractivity (Wildman–Crippen MR) is 67.0 cm³/mol. The lowest BCUT2D eigenvalue weighted by molar-refractivity contribution is -0.163. The molecule has 5 nitrogen and oxygen atoms in total. The van der Waals surface area contributed by atoms with Crippen molar-refractivity contribution in [2.45, 2.75) is 26.4 Å². The second kappa shape index (κ2) is 4.63. The van der Waals surface area contributed by atoms with Gasteiger partial charge in [-0.2, -0.15) is 0 Å². The number of methoxy groups -OCH3 is 2. The maximum atomic E-state index is 12.2. The Bertz CT molecular complexity index is 441. The molecule has 0 aromatic heterocycles. The summed E-state index contributed by atoms with van der Waals surface area (Å²) in [6.45, 7) is 3.69. The van der Waals surface area contributed by atoms with Crippen molar-refractivity contribution in [3.8, 4) is 0 Å². The Kier molecular flexibility index (Phi) is 3.43. The summed E-state index contributed by atoms with van der Waals surface area (Å²) in [4.78, 5) is 24.2. The lowest BCUT2D eigenvalue weighted by atomic mass is 9.70. The lowest BCUT2D eigenvalue weighted by Crippen LogP contribution is -2.46. The number of fused-ring (bicyclic) bond motifs is 2. The molecule has 2 aliphatic rings. The highest BCUT2D eigenvalue weighted by Crippen LogP contribution is 2.58. The quantitative estimate of drug-likeness (QED) is 0.595. The summed E-state index contributed by atoms with van der Waals surface area (Å²) in [6.07, 6.45) is 1.43. The van der Waals surface area contributed by atoms with Crippen molar-refractivity contribution in [1.29, 1.82) is 0 Å². The van der Waals surface area contributed by atoms with Crippen molar-refractivity contribution < 1.29 is 24.2 Å². The molecule has 19 heavy (non-hydrogen) atoms. The summed E-state index contributed by atoms with van der Waals surface area (Å²) in [6, 6.07) is 0. The van der Waals surface area contributed by atoms with Gasteiger partial charge in [0.15, 0.2) is 0 Å². The fourth-order valence-electron chi connectivity index (χ4n) is 3.79. The van der Waals surface area contributed by atoms with Gasteiger partial charge in [-0.1, -0.05) is 18.6 Å². The molecular weight excluding hydrogens is 248 g/mol. The van der Waals surface area contributed by atoms with Crippen LogP contribution in [-0.4, -0.2) is 37.4 Å². The molecule has 2 rings (SSSR count). The van der Waals surface area contributed by atoms with Gasteiger partial charge in [-0.3, -0.25) is 9.59 Å². The van der Waals surface area contributed by atoms with Gasteiger partial charge in [0.05, 0.1) is 26.2 Å². The molecule has 0 aromatic rings. The van der Waals surface area contributed by atoms with E-state index in [1.165, 1.54) is 14.2 Å². The number of carbonyl (C=O) groups excluding carboxylic acids is 2. The molecule has 0 amide bonds. The topological polar surface area (TPSA) is 72.8 Å². The first-order chi connectivity index (χ1) is 8.91. The van der Waals surface area contributed by atoms with E-state index in [9.17, 15) is 14.7 Å². The van der Waals surface area contributed by atoms with Crippen molar-refractivity contribution in [3.05, 3.63) is 11.6 Å². The van der Waals surface area contributed by atoms with Crippen LogP contribution >= 0.6 is 0 Å². The van der Waals surface area contributed by atoms with Crippen LogP contribution in [0.1, 0.15) is 20.3 Å². The van der Waals surface area contributed by atoms with E-state index in [-0.39, 0.29) is 17.8 Å². The second-order valence-electron chi connectivity index (χ2n) is 5.49. The summed E-state index contributed by atoms with van der Waals surface area (Å²) in [5.41, 5.74) is -0.0931. The van der Waals surface area contributed by atoms with Crippen LogP contribution in [0.4, 0.5) is 0 Å². The predicted octanol–water partition coefficient (Wildman–Crippen LogP) is 0.912. The molecule has 0 radical (unpaired) electrons. The van der Waals surface area contributed by atoms with Gasteiger partial charge in [-0.05, 0) is 19.3 Å². The van der Waals surface area contributed by atoms with Crippen LogP contribution in [0, 0.1) is 23.2 Å². The molecule has 0 aromatic carbocycles. The molecule has 5 atom stereocenters. The van der Waals surface area contributed by atoms with Gasteiger partial charge in [-0.15, -0.1) is 0 Å². The summed E-state index contributed by atoms with van der Waals surface area (Å²) in [5.74, 6) is -2.01. The van der Waals surface area contributed by atoms with Gasteiger partial charge in [0.25, 0.3) is 0 Å². The molecule has 0 aliphatic heterocycles. The number of hydrogen-bond acceptors (Lipinski definition) is 5. The number of hydrogen-bond donors (Lipinski definition) is 1. The zero-order valence-electron chi connectivity index (χ0n) is 11.7. The van der Waals surface area contributed by atoms with E-state index in [0.29, 0.717) is 6.42 Å². The third kappa shape index (κ3) is 1.64. The lowest BCUT2D eigenvalue weighted by Gasteiger charge is -2.36. The Morgan fingerprint density at radius 2 is 2.00 bits per heavy atom. The second-order valence-corrected chi connectivity index (χ2v) is 5.49. The molecule has 5 heteroatoms. The van der Waals surface area contributed by atoms with E-state index in [0.717, 1.165) is 5.57 Å². The fraction of sp³-hybridized carbons (Fsp3) is 0.714. The number of aliphatic hydroxyl groups is 1. The molecule has 2 unspecified atom stereocenters. The highest BCUT2D eigenvalue weighted by Gasteiger charge is 2.66. The third-order valence-electron chi connectivity index (χ3n) is 4.93. The zero-order chi connectivity index (χ0) is 14.4. The normalized spacial score (nSPS) is 40.6. The summed E-state index contributed by atoms with van der Waals surface area (Å²) < 4.78 is 9.71. The molecule has 0 saturated heterocycles. The molecule has 0 spiro atoms. The first kappa shape index (κ1) is 14.1. The number of allylic oxidation sites excluding steroid dienone is 1. The SMILES string of the molecule is COC(=O)[C@@H]1C2C(C)=CC[C@@](C(=O)OC)(C2O)[C@@H]1C. The number of esters is 2. The van der Waals surface area contributed by atoms with Crippen molar-refractivity contribution >= 4 is 11.9 Å². The van der Waals surface area contributed by atoms with Crippen LogP contribution in [-0.2, 0) is 19.1 Å². The smallest absolute Gasteiger partial charge is 0.315 e. The Labute approximate surface area is 112 Å². The standard InChI is InChI=1S/C14H20O5/c1-7-5-6-14(13(17)19-4)8(2)10(12(16)18-3)9(7)11(14)15/h5,8-11,15H,6H2,1-4H3/t8-,9?,10+,11?,14+/m1/s1. The molecule has 2 bridgehead atoms. The maximum absolute atomic E-state index is 12.2. The van der Waals surface area contributed by atoms with E-state index in [4.69, 9.17) is 9.47 Å². The van der Waals surface area contributed by atoms with Crippen LogP contribution in [0.5, 0.6) is 0 Å². The van der Waals surface area contributed by atoms with Crippen LogP contribution in [0.15, 0.2) is 11.6 Å². The van der Waals surface area contributed by atoms with Gasteiger partial charge < -0.3 is 14.6 Å². The third-order valence-corrected chi connectivity index (χ3v) is 4.93. The van der Waals surface area contributed by atoms with E-state index in [1.54, 1.807) is 0 Å². The fourth-order valence-corrected chi connectivity index (χ4v) is 3.79. The largest absolute Gasteiger partial charge is 0.469 e. The summed E-state index contributed by atoms with van der Waals surface area (Å²) in [7, 11) is 2.63. The number of carbonyl (C=O) groups is 2. The van der Waals surface area contributed by atoms with Crippen molar-refractivity contribution in [2.75, 3.05) is 14.2 Å². The highest BCUT2D eigenvalue weighted by atomic mass is 16.5. The van der Waals surface area contributed by atoms with Crippen LogP contribution in [0.2, 0.25) is 0 Å². The van der Waals surface area contributed by atoms with Gasteiger partial charge in [0, 0.05) is 5.92 Å². The molecule has 1 fully saturated rings. The molecule has 2 aliphatic carbocycles. The molecule has 0 heterocycles. The minimum atomic E-state index is -1.03. The molecule has 1 N–H and O–H groups in total. The van der Waals surface area contributed by atoms with E-state index in [1.807, 2.05) is 19.9 Å². The summed E-state index contributed by atoms with van der Waals surface area (Å²) in [5, 5.41) is 10.6. The number of rotatable bonds is 2. The Morgan fingerprint density at radius 3 is 2.53 bits per heavy atom. The Morgan fingerprint density at radius 1 is 1.37 bits per heavy atom. The van der Waals surface area contributed by atoms with Gasteiger partial charge in [0.2, 0.25) is 0 Å². The van der Waals surface area contributed by atoms with E-state index in [2.05, 4.69) is 0 Å². The average molecular weight is 268 g/mol. The number of aliphatic hydroxyl groups excluding tert-OH is 1. The van der Waals surface area contributed by atoms with Gasteiger partial charge in [0.1, 0.15) is 5.41 Å². The van der Waals surface area contributed by atoms with Crippen molar-refractivity contribution in [3.63, 3.8) is 0 Å². The zero-order valence-corrected chi connectivity index (χ0v) is 11.7. The maximum Gasteiger partial charge on any atom is 0.315 e.